The van der Waals surface area contributed by atoms with E-state index in [-0.39, 0.29) is 17.8 Å². The Morgan fingerprint density at radius 2 is 2.05 bits per heavy atom. The van der Waals surface area contributed by atoms with Crippen LogP contribution in [0.15, 0.2) is 29.3 Å². The second-order valence-electron chi connectivity index (χ2n) is 4.54. The molecule has 0 aliphatic heterocycles. The highest BCUT2D eigenvalue weighted by molar-refractivity contribution is 5.76. The number of benzene rings is 1. The summed E-state index contributed by atoms with van der Waals surface area (Å²) in [6.07, 6.45) is 1.45. The molecule has 0 unspecified atom stereocenters. The van der Waals surface area contributed by atoms with Gasteiger partial charge < -0.3 is 16.2 Å². The summed E-state index contributed by atoms with van der Waals surface area (Å²) in [6.45, 7) is 4.28. The zero-order valence-corrected chi connectivity index (χ0v) is 11.4. The lowest BCUT2D eigenvalue weighted by Crippen LogP contribution is -2.23. The van der Waals surface area contributed by atoms with Crippen LogP contribution in [0.25, 0.3) is 0 Å². The highest BCUT2D eigenvalue weighted by Crippen LogP contribution is 2.18. The number of ether oxygens (including phenoxy) is 1. The zero-order valence-electron chi connectivity index (χ0n) is 11.4. The molecular formula is C14H21N3O2. The van der Waals surface area contributed by atoms with Gasteiger partial charge in [-0.25, -0.2) is 0 Å². The molecule has 0 bridgehead atoms. The van der Waals surface area contributed by atoms with Gasteiger partial charge in [-0.2, -0.15) is 0 Å². The molecule has 0 saturated carbocycles. The number of aryl methyl sites for hydroxylation is 1. The fourth-order valence-corrected chi connectivity index (χ4v) is 1.60. The van der Waals surface area contributed by atoms with Crippen molar-refractivity contribution < 1.29 is 9.53 Å². The van der Waals surface area contributed by atoms with Crippen molar-refractivity contribution in [2.75, 3.05) is 6.54 Å². The van der Waals surface area contributed by atoms with E-state index in [1.54, 1.807) is 6.07 Å². The van der Waals surface area contributed by atoms with Crippen LogP contribution in [-0.4, -0.2) is 18.5 Å². The Kier molecular flexibility index (Phi) is 5.85. The summed E-state index contributed by atoms with van der Waals surface area (Å²) in [5.41, 5.74) is 11.4. The SMILES string of the molecule is Cc1ccccc1OC(=O)[C@@H](C)CCCN=C(N)N. The average Bonchev–Trinajstić information content (AvgIpc) is 2.36. The van der Waals surface area contributed by atoms with Crippen molar-refractivity contribution in [2.45, 2.75) is 26.7 Å². The summed E-state index contributed by atoms with van der Waals surface area (Å²) in [4.78, 5) is 15.8. The summed E-state index contributed by atoms with van der Waals surface area (Å²) >= 11 is 0. The maximum absolute atomic E-state index is 11.9. The van der Waals surface area contributed by atoms with Gasteiger partial charge in [-0.1, -0.05) is 25.1 Å². The summed E-state index contributed by atoms with van der Waals surface area (Å²) in [5, 5.41) is 0. The standard InChI is InChI=1S/C14H21N3O2/c1-10-6-3-4-8-12(10)19-13(18)11(2)7-5-9-17-14(15)16/h3-4,6,8,11H,5,7,9H2,1-2H3,(H4,15,16,17)/t11-/m0/s1. The predicted octanol–water partition coefficient (Wildman–Crippen LogP) is 1.59. The third kappa shape index (κ3) is 5.42. The Morgan fingerprint density at radius 3 is 2.68 bits per heavy atom. The lowest BCUT2D eigenvalue weighted by molar-refractivity contribution is -0.138. The molecule has 0 aliphatic rings. The van der Waals surface area contributed by atoms with E-state index in [0.717, 1.165) is 12.0 Å². The second kappa shape index (κ2) is 7.41. The molecule has 19 heavy (non-hydrogen) atoms. The van der Waals surface area contributed by atoms with Gasteiger partial charge in [-0.05, 0) is 31.4 Å². The Balaban J connectivity index is 2.41. The lowest BCUT2D eigenvalue weighted by atomic mass is 10.1. The first-order valence-electron chi connectivity index (χ1n) is 6.33. The molecule has 0 aliphatic carbocycles. The third-order valence-corrected chi connectivity index (χ3v) is 2.80. The largest absolute Gasteiger partial charge is 0.426 e. The van der Waals surface area contributed by atoms with Gasteiger partial charge in [0.1, 0.15) is 5.75 Å². The fraction of sp³-hybridized carbons (Fsp3) is 0.429. The molecule has 1 aromatic rings. The summed E-state index contributed by atoms with van der Waals surface area (Å²) < 4.78 is 5.36. The van der Waals surface area contributed by atoms with Gasteiger partial charge in [0.05, 0.1) is 5.92 Å². The van der Waals surface area contributed by atoms with Crippen LogP contribution >= 0.6 is 0 Å². The number of nitrogens with zero attached hydrogens (tertiary/aromatic N) is 1. The average molecular weight is 263 g/mol. The van der Waals surface area contributed by atoms with Gasteiger partial charge in [-0.15, -0.1) is 0 Å². The molecular weight excluding hydrogens is 242 g/mol. The molecule has 0 saturated heterocycles. The van der Waals surface area contributed by atoms with Crippen molar-refractivity contribution in [3.63, 3.8) is 0 Å². The van der Waals surface area contributed by atoms with Crippen LogP contribution in [0.4, 0.5) is 0 Å². The monoisotopic (exact) mass is 263 g/mol. The molecule has 5 heteroatoms. The van der Waals surface area contributed by atoms with Crippen molar-refractivity contribution >= 4 is 11.9 Å². The van der Waals surface area contributed by atoms with Crippen molar-refractivity contribution in [2.24, 2.45) is 22.4 Å². The predicted molar refractivity (Wildman–Crippen MR) is 75.9 cm³/mol. The maximum Gasteiger partial charge on any atom is 0.314 e. The van der Waals surface area contributed by atoms with Crippen LogP contribution in [0.1, 0.15) is 25.3 Å². The number of carbonyl (C=O) groups excluding carboxylic acids is 1. The van der Waals surface area contributed by atoms with E-state index >= 15 is 0 Å². The molecule has 0 fully saturated rings. The quantitative estimate of drug-likeness (QED) is 0.268. The summed E-state index contributed by atoms with van der Waals surface area (Å²) in [7, 11) is 0. The van der Waals surface area contributed by atoms with E-state index in [1.807, 2.05) is 32.0 Å². The van der Waals surface area contributed by atoms with E-state index in [2.05, 4.69) is 4.99 Å². The van der Waals surface area contributed by atoms with E-state index in [0.29, 0.717) is 18.7 Å². The topological polar surface area (TPSA) is 90.7 Å². The number of nitrogens with two attached hydrogens (primary N) is 2. The number of guanidine groups is 1. The molecule has 1 atom stereocenters. The van der Waals surface area contributed by atoms with Crippen LogP contribution in [0.5, 0.6) is 5.75 Å². The molecule has 104 valence electrons. The van der Waals surface area contributed by atoms with E-state index < -0.39 is 0 Å². The van der Waals surface area contributed by atoms with E-state index in [1.165, 1.54) is 0 Å². The summed E-state index contributed by atoms with van der Waals surface area (Å²) in [6, 6.07) is 7.45. The van der Waals surface area contributed by atoms with Crippen LogP contribution in [0, 0.1) is 12.8 Å². The van der Waals surface area contributed by atoms with Crippen LogP contribution in [0.2, 0.25) is 0 Å². The van der Waals surface area contributed by atoms with Crippen molar-refractivity contribution in [3.05, 3.63) is 29.8 Å². The highest BCUT2D eigenvalue weighted by Gasteiger charge is 2.15. The van der Waals surface area contributed by atoms with Crippen LogP contribution < -0.4 is 16.2 Å². The minimum Gasteiger partial charge on any atom is -0.426 e. The van der Waals surface area contributed by atoms with Gasteiger partial charge in [0, 0.05) is 6.54 Å². The molecule has 0 spiro atoms. The van der Waals surface area contributed by atoms with Gasteiger partial charge in [-0.3, -0.25) is 9.79 Å². The Bertz CT molecular complexity index is 454. The number of aliphatic imine (C=N–C) groups is 1. The maximum atomic E-state index is 11.9. The van der Waals surface area contributed by atoms with Crippen LogP contribution in [-0.2, 0) is 4.79 Å². The van der Waals surface area contributed by atoms with Crippen molar-refractivity contribution in [3.8, 4) is 5.75 Å². The Morgan fingerprint density at radius 1 is 1.37 bits per heavy atom. The molecule has 5 nitrogen and oxygen atoms in total. The first kappa shape index (κ1) is 15.0. The first-order valence-corrected chi connectivity index (χ1v) is 6.33. The number of hydrogen-bond acceptors (Lipinski definition) is 3. The van der Waals surface area contributed by atoms with E-state index in [4.69, 9.17) is 16.2 Å². The highest BCUT2D eigenvalue weighted by atomic mass is 16.5. The molecule has 0 radical (unpaired) electrons. The molecule has 4 N–H and O–H groups in total. The third-order valence-electron chi connectivity index (χ3n) is 2.80. The second-order valence-corrected chi connectivity index (χ2v) is 4.54. The van der Waals surface area contributed by atoms with Gasteiger partial charge in [0.2, 0.25) is 0 Å². The summed E-state index contributed by atoms with van der Waals surface area (Å²) in [5.74, 6) is 0.298. The number of esters is 1. The Hall–Kier alpha value is -2.04. The van der Waals surface area contributed by atoms with Crippen molar-refractivity contribution in [1.29, 1.82) is 0 Å². The lowest BCUT2D eigenvalue weighted by Gasteiger charge is -2.12. The normalized spacial score (nSPS) is 11.7. The number of para-hydroxylation sites is 1. The minimum atomic E-state index is -0.223. The number of carbonyl (C=O) groups is 1. The zero-order chi connectivity index (χ0) is 14.3. The number of rotatable bonds is 6. The van der Waals surface area contributed by atoms with E-state index in [9.17, 15) is 4.79 Å². The van der Waals surface area contributed by atoms with Gasteiger partial charge in [0.15, 0.2) is 5.96 Å². The first-order chi connectivity index (χ1) is 9.00. The van der Waals surface area contributed by atoms with Gasteiger partial charge >= 0.3 is 5.97 Å². The molecule has 1 rings (SSSR count). The fourth-order valence-electron chi connectivity index (χ4n) is 1.60. The Labute approximate surface area is 113 Å². The number of hydrogen-bond donors (Lipinski definition) is 2. The van der Waals surface area contributed by atoms with Crippen molar-refractivity contribution in [1.82, 2.24) is 0 Å². The molecule has 1 aromatic carbocycles. The molecule has 0 amide bonds. The molecule has 0 aromatic heterocycles. The molecule has 0 heterocycles. The smallest absolute Gasteiger partial charge is 0.314 e. The van der Waals surface area contributed by atoms with Crippen LogP contribution in [0.3, 0.4) is 0 Å². The minimum absolute atomic E-state index is 0.0788. The van der Waals surface area contributed by atoms with Gasteiger partial charge in [0.25, 0.3) is 0 Å².